The number of likely N-dealkylation sites (tertiary alicyclic amines) is 1. The normalized spacial score (nSPS) is 18.0. The number of benzene rings is 2. The van der Waals surface area contributed by atoms with Crippen LogP contribution in [-0.2, 0) is 16.1 Å². The fraction of sp³-hybridized carbons (Fsp3) is 0.174. The number of halogens is 2. The summed E-state index contributed by atoms with van der Waals surface area (Å²) in [4.78, 5) is 31.2. The van der Waals surface area contributed by atoms with E-state index in [4.69, 9.17) is 11.6 Å². The summed E-state index contributed by atoms with van der Waals surface area (Å²) in [6.07, 6.45) is 5.76. The Morgan fingerprint density at radius 3 is 2.42 bits per heavy atom. The number of nitrogens with zero attached hydrogens (tertiary/aromatic N) is 3. The van der Waals surface area contributed by atoms with Crippen molar-refractivity contribution in [3.8, 4) is 0 Å². The lowest BCUT2D eigenvalue weighted by Gasteiger charge is -2.25. The van der Waals surface area contributed by atoms with E-state index in [1.807, 2.05) is 10.8 Å². The van der Waals surface area contributed by atoms with Crippen molar-refractivity contribution in [1.82, 2.24) is 14.5 Å². The molecule has 31 heavy (non-hydrogen) atoms. The zero-order valence-electron chi connectivity index (χ0n) is 16.4. The monoisotopic (exact) mass is 439 g/mol. The van der Waals surface area contributed by atoms with E-state index in [0.717, 1.165) is 0 Å². The minimum absolute atomic E-state index is 0.0263. The van der Waals surface area contributed by atoms with E-state index in [-0.39, 0.29) is 16.9 Å². The van der Waals surface area contributed by atoms with Crippen molar-refractivity contribution in [3.05, 3.63) is 94.8 Å². The number of amides is 1. The van der Waals surface area contributed by atoms with Crippen LogP contribution in [0, 0.1) is 5.82 Å². The first-order valence-corrected chi connectivity index (χ1v) is 10.1. The number of hydrogen-bond donors (Lipinski definition) is 1. The molecule has 158 valence electrons. The number of ketones is 1. The smallest absolute Gasteiger partial charge is 0.295 e. The van der Waals surface area contributed by atoms with Crippen LogP contribution in [0.2, 0.25) is 5.02 Å². The molecule has 1 fully saturated rings. The Kier molecular flexibility index (Phi) is 5.86. The molecule has 0 aliphatic carbocycles. The van der Waals surface area contributed by atoms with Crippen LogP contribution in [-0.4, -0.2) is 37.8 Å². The van der Waals surface area contributed by atoms with Gasteiger partial charge in [0.1, 0.15) is 11.6 Å². The topological polar surface area (TPSA) is 75.4 Å². The van der Waals surface area contributed by atoms with Gasteiger partial charge < -0.3 is 14.6 Å². The highest BCUT2D eigenvalue weighted by atomic mass is 35.5. The Morgan fingerprint density at radius 1 is 1.06 bits per heavy atom. The lowest BCUT2D eigenvalue weighted by molar-refractivity contribution is -0.139. The van der Waals surface area contributed by atoms with Gasteiger partial charge in [0.05, 0.1) is 17.9 Å². The number of aliphatic hydroxyl groups excluding tert-OH is 1. The average molecular weight is 440 g/mol. The van der Waals surface area contributed by atoms with Crippen molar-refractivity contribution in [2.24, 2.45) is 0 Å². The third-order valence-electron chi connectivity index (χ3n) is 5.22. The van der Waals surface area contributed by atoms with E-state index in [0.29, 0.717) is 30.1 Å². The maximum atomic E-state index is 13.3. The molecule has 0 unspecified atom stereocenters. The molecule has 1 saturated heterocycles. The van der Waals surface area contributed by atoms with Crippen LogP contribution >= 0.6 is 11.6 Å². The molecule has 8 heteroatoms. The molecule has 0 spiro atoms. The molecule has 6 nitrogen and oxygen atoms in total. The van der Waals surface area contributed by atoms with Gasteiger partial charge in [-0.1, -0.05) is 23.7 Å². The molecule has 1 amide bonds. The number of hydrogen-bond acceptors (Lipinski definition) is 4. The lowest BCUT2D eigenvalue weighted by atomic mass is 9.95. The number of aromatic nitrogens is 2. The molecule has 2 aromatic carbocycles. The average Bonchev–Trinajstić information content (AvgIpc) is 3.37. The van der Waals surface area contributed by atoms with E-state index in [1.54, 1.807) is 36.8 Å². The third-order valence-corrected chi connectivity index (χ3v) is 5.47. The van der Waals surface area contributed by atoms with Crippen molar-refractivity contribution in [2.75, 3.05) is 6.54 Å². The molecule has 2 heterocycles. The van der Waals surface area contributed by atoms with E-state index >= 15 is 0 Å². The van der Waals surface area contributed by atoms with E-state index < -0.39 is 23.5 Å². The summed E-state index contributed by atoms with van der Waals surface area (Å²) in [5.74, 6) is -2.26. The second-order valence-electron chi connectivity index (χ2n) is 7.20. The number of aryl methyl sites for hydroxylation is 1. The zero-order valence-corrected chi connectivity index (χ0v) is 17.2. The van der Waals surface area contributed by atoms with Crippen LogP contribution in [0.4, 0.5) is 4.39 Å². The zero-order chi connectivity index (χ0) is 22.0. The molecule has 0 bridgehead atoms. The van der Waals surface area contributed by atoms with Crippen molar-refractivity contribution >= 4 is 29.1 Å². The summed E-state index contributed by atoms with van der Waals surface area (Å²) in [5, 5.41) is 11.4. The molecule has 0 radical (unpaired) electrons. The van der Waals surface area contributed by atoms with Crippen molar-refractivity contribution in [1.29, 1.82) is 0 Å². The summed E-state index contributed by atoms with van der Waals surface area (Å²) < 4.78 is 15.2. The number of rotatable bonds is 6. The van der Waals surface area contributed by atoms with Gasteiger partial charge in [-0.15, -0.1) is 0 Å². The Balaban J connectivity index is 1.72. The molecule has 1 N–H and O–H groups in total. The lowest BCUT2D eigenvalue weighted by Crippen LogP contribution is -2.31. The first-order chi connectivity index (χ1) is 15.0. The number of aliphatic hydroxyl groups is 1. The third kappa shape index (κ3) is 4.22. The van der Waals surface area contributed by atoms with Gasteiger partial charge in [0.25, 0.3) is 11.7 Å². The SMILES string of the molecule is O=C1C(=O)N(CCCn2ccnc2)[C@H](c2ccc(Cl)cc2)/C1=C(\O)c1ccc(F)cc1. The summed E-state index contributed by atoms with van der Waals surface area (Å²) in [6.45, 7) is 0.921. The molecule has 1 aromatic heterocycles. The molecule has 1 atom stereocenters. The summed E-state index contributed by atoms with van der Waals surface area (Å²) in [5.41, 5.74) is 0.883. The highest BCUT2D eigenvalue weighted by Crippen LogP contribution is 2.39. The summed E-state index contributed by atoms with van der Waals surface area (Å²) >= 11 is 6.01. The fourth-order valence-corrected chi connectivity index (χ4v) is 3.83. The van der Waals surface area contributed by atoms with Gasteiger partial charge in [0.15, 0.2) is 0 Å². The second-order valence-corrected chi connectivity index (χ2v) is 7.64. The van der Waals surface area contributed by atoms with Crippen LogP contribution in [0.1, 0.15) is 23.6 Å². The molecular formula is C23H19ClFN3O3. The Morgan fingerprint density at radius 2 is 1.77 bits per heavy atom. The van der Waals surface area contributed by atoms with Gasteiger partial charge in [-0.05, 0) is 48.4 Å². The van der Waals surface area contributed by atoms with Gasteiger partial charge >= 0.3 is 0 Å². The van der Waals surface area contributed by atoms with Gasteiger partial charge in [-0.25, -0.2) is 9.37 Å². The van der Waals surface area contributed by atoms with Gasteiger partial charge in [-0.3, -0.25) is 9.59 Å². The Labute approximate surface area is 183 Å². The number of carbonyl (C=O) groups excluding carboxylic acids is 2. The highest BCUT2D eigenvalue weighted by Gasteiger charge is 2.45. The maximum absolute atomic E-state index is 13.3. The van der Waals surface area contributed by atoms with E-state index in [2.05, 4.69) is 4.98 Å². The largest absolute Gasteiger partial charge is 0.507 e. The van der Waals surface area contributed by atoms with Crippen LogP contribution in [0.25, 0.3) is 5.76 Å². The predicted octanol–water partition coefficient (Wildman–Crippen LogP) is 4.19. The quantitative estimate of drug-likeness (QED) is 0.355. The first-order valence-electron chi connectivity index (χ1n) is 9.71. The van der Waals surface area contributed by atoms with Gasteiger partial charge in [-0.2, -0.15) is 0 Å². The Hall–Kier alpha value is -3.45. The van der Waals surface area contributed by atoms with Crippen LogP contribution in [0.15, 0.2) is 72.8 Å². The predicted molar refractivity (Wildman–Crippen MR) is 114 cm³/mol. The first kappa shape index (κ1) is 20.8. The minimum Gasteiger partial charge on any atom is -0.507 e. The fourth-order valence-electron chi connectivity index (χ4n) is 3.71. The molecule has 1 aliphatic rings. The molecule has 1 aliphatic heterocycles. The van der Waals surface area contributed by atoms with Crippen LogP contribution in [0.3, 0.4) is 0 Å². The summed E-state index contributed by atoms with van der Waals surface area (Å²) in [7, 11) is 0. The van der Waals surface area contributed by atoms with Crippen molar-refractivity contribution < 1.29 is 19.1 Å². The summed E-state index contributed by atoms with van der Waals surface area (Å²) in [6, 6.07) is 11.1. The van der Waals surface area contributed by atoms with Crippen molar-refractivity contribution in [3.63, 3.8) is 0 Å². The number of carbonyl (C=O) groups is 2. The van der Waals surface area contributed by atoms with Crippen LogP contribution in [0.5, 0.6) is 0 Å². The molecule has 3 aromatic rings. The highest BCUT2D eigenvalue weighted by molar-refractivity contribution is 6.46. The van der Waals surface area contributed by atoms with Gasteiger partial charge in [0, 0.05) is 36.1 Å². The number of Topliss-reactive ketones (excluding diaryl/α,β-unsaturated/α-hetero) is 1. The standard InChI is InChI=1S/C23H19ClFN3O3/c24-17-6-2-15(3-7-17)20-19(21(29)16-4-8-18(25)9-5-16)22(30)23(31)28(20)12-1-11-27-13-10-26-14-27/h2-10,13-14,20,29H,1,11-12H2/b21-19+/t20-/m1/s1. The van der Waals surface area contributed by atoms with E-state index in [1.165, 1.54) is 29.2 Å². The molecular weight excluding hydrogens is 421 g/mol. The maximum Gasteiger partial charge on any atom is 0.295 e. The molecule has 0 saturated carbocycles. The van der Waals surface area contributed by atoms with Crippen molar-refractivity contribution in [2.45, 2.75) is 19.0 Å². The van der Waals surface area contributed by atoms with Crippen LogP contribution < -0.4 is 0 Å². The second kappa shape index (κ2) is 8.73. The Bertz CT molecular complexity index is 1130. The van der Waals surface area contributed by atoms with Gasteiger partial charge in [0.2, 0.25) is 0 Å². The number of imidazole rings is 1. The molecule has 4 rings (SSSR count). The van der Waals surface area contributed by atoms with E-state index in [9.17, 15) is 19.1 Å². The minimum atomic E-state index is -0.774.